The van der Waals surface area contributed by atoms with Crippen molar-refractivity contribution < 1.29 is 4.79 Å². The molecule has 0 fully saturated rings. The van der Waals surface area contributed by atoms with Crippen molar-refractivity contribution in [2.45, 2.75) is 26.9 Å². The van der Waals surface area contributed by atoms with Crippen LogP contribution in [0.25, 0.3) is 5.69 Å². The van der Waals surface area contributed by atoms with Crippen LogP contribution >= 0.6 is 0 Å². The number of nitrogens with one attached hydrogen (secondary N) is 2. The first-order valence-corrected chi connectivity index (χ1v) is 8.27. The molecule has 0 aliphatic heterocycles. The number of anilines is 1. The predicted octanol–water partition coefficient (Wildman–Crippen LogP) is 3.05. The number of benzene rings is 1. The first-order chi connectivity index (χ1) is 12.1. The Balaban J connectivity index is 1.58. The summed E-state index contributed by atoms with van der Waals surface area (Å²) < 4.78 is 3.80. The largest absolute Gasteiger partial charge is 0.333 e. The third-order valence-electron chi connectivity index (χ3n) is 3.64. The van der Waals surface area contributed by atoms with E-state index in [0.29, 0.717) is 18.2 Å². The standard InChI is InChI=1S/C18H22N6O/c1-14(2)13-23-10-8-19-17(23)12-20-18(25)22-15-5-3-6-16(11-15)24-9-4-7-21-24/h3-11,14H,12-13H2,1-2H3,(H2,20,22,25). The summed E-state index contributed by atoms with van der Waals surface area (Å²) in [7, 11) is 0. The quantitative estimate of drug-likeness (QED) is 0.725. The minimum absolute atomic E-state index is 0.267. The summed E-state index contributed by atoms with van der Waals surface area (Å²) in [5.74, 6) is 1.36. The Kier molecular flexibility index (Phi) is 5.13. The van der Waals surface area contributed by atoms with Crippen LogP contribution in [0.2, 0.25) is 0 Å². The molecular weight excluding hydrogens is 316 g/mol. The second kappa shape index (κ2) is 7.65. The second-order valence-corrected chi connectivity index (χ2v) is 6.20. The van der Waals surface area contributed by atoms with Crippen LogP contribution < -0.4 is 10.6 Å². The van der Waals surface area contributed by atoms with Crippen molar-refractivity contribution >= 4 is 11.7 Å². The minimum atomic E-state index is -0.267. The van der Waals surface area contributed by atoms with E-state index in [1.807, 2.05) is 42.7 Å². The molecule has 0 atom stereocenters. The molecular formula is C18H22N6O. The highest BCUT2D eigenvalue weighted by atomic mass is 16.2. The summed E-state index contributed by atoms with van der Waals surface area (Å²) >= 11 is 0. The van der Waals surface area contributed by atoms with Gasteiger partial charge in [0.1, 0.15) is 5.82 Å². The van der Waals surface area contributed by atoms with Gasteiger partial charge in [-0.15, -0.1) is 0 Å². The minimum Gasteiger partial charge on any atom is -0.333 e. The van der Waals surface area contributed by atoms with Gasteiger partial charge < -0.3 is 15.2 Å². The van der Waals surface area contributed by atoms with E-state index in [2.05, 4.69) is 39.1 Å². The molecule has 3 aromatic rings. The highest BCUT2D eigenvalue weighted by molar-refractivity contribution is 5.89. The zero-order valence-corrected chi connectivity index (χ0v) is 14.4. The van der Waals surface area contributed by atoms with Gasteiger partial charge in [0.15, 0.2) is 0 Å². The average Bonchev–Trinajstić information content (AvgIpc) is 3.24. The van der Waals surface area contributed by atoms with Gasteiger partial charge in [-0.2, -0.15) is 5.10 Å². The highest BCUT2D eigenvalue weighted by Gasteiger charge is 2.08. The van der Waals surface area contributed by atoms with Crippen molar-refractivity contribution in [3.05, 3.63) is 60.9 Å². The second-order valence-electron chi connectivity index (χ2n) is 6.20. The molecule has 2 aromatic heterocycles. The van der Waals surface area contributed by atoms with Gasteiger partial charge in [0.2, 0.25) is 0 Å². The maximum Gasteiger partial charge on any atom is 0.319 e. The molecule has 2 N–H and O–H groups in total. The normalized spacial score (nSPS) is 10.8. The van der Waals surface area contributed by atoms with Crippen LogP contribution in [0.5, 0.6) is 0 Å². The van der Waals surface area contributed by atoms with Gasteiger partial charge in [0, 0.05) is 37.0 Å². The molecule has 3 rings (SSSR count). The fourth-order valence-corrected chi connectivity index (χ4v) is 2.55. The van der Waals surface area contributed by atoms with E-state index >= 15 is 0 Å². The van der Waals surface area contributed by atoms with E-state index < -0.39 is 0 Å². The monoisotopic (exact) mass is 338 g/mol. The van der Waals surface area contributed by atoms with Crippen molar-refractivity contribution in [1.29, 1.82) is 0 Å². The topological polar surface area (TPSA) is 76.8 Å². The number of rotatable bonds is 6. The van der Waals surface area contributed by atoms with Crippen LogP contribution in [0.4, 0.5) is 10.5 Å². The summed E-state index contributed by atoms with van der Waals surface area (Å²) in [4.78, 5) is 16.5. The summed E-state index contributed by atoms with van der Waals surface area (Å²) in [5, 5.41) is 9.87. The van der Waals surface area contributed by atoms with Gasteiger partial charge in [-0.25, -0.2) is 14.5 Å². The first-order valence-electron chi connectivity index (χ1n) is 8.27. The summed E-state index contributed by atoms with van der Waals surface area (Å²) in [6, 6.07) is 9.10. The van der Waals surface area contributed by atoms with E-state index in [0.717, 1.165) is 18.1 Å². The Morgan fingerprint density at radius 3 is 2.84 bits per heavy atom. The van der Waals surface area contributed by atoms with Gasteiger partial charge in [-0.05, 0) is 30.2 Å². The number of amides is 2. The Morgan fingerprint density at radius 2 is 2.08 bits per heavy atom. The van der Waals surface area contributed by atoms with Gasteiger partial charge >= 0.3 is 6.03 Å². The zero-order chi connectivity index (χ0) is 17.6. The molecule has 0 bridgehead atoms. The highest BCUT2D eigenvalue weighted by Crippen LogP contribution is 2.13. The summed E-state index contributed by atoms with van der Waals surface area (Å²) in [5.41, 5.74) is 1.59. The fourth-order valence-electron chi connectivity index (χ4n) is 2.55. The van der Waals surface area contributed by atoms with E-state index in [1.54, 1.807) is 17.1 Å². The molecule has 130 valence electrons. The molecule has 0 radical (unpaired) electrons. The Hall–Kier alpha value is -3.09. The van der Waals surface area contributed by atoms with Crippen LogP contribution in [-0.4, -0.2) is 25.4 Å². The van der Waals surface area contributed by atoms with E-state index in [1.165, 1.54) is 0 Å². The molecule has 7 heteroatoms. The zero-order valence-electron chi connectivity index (χ0n) is 14.4. The lowest BCUT2D eigenvalue weighted by Gasteiger charge is -2.12. The van der Waals surface area contributed by atoms with Crippen molar-refractivity contribution in [2.75, 3.05) is 5.32 Å². The number of hydrogen-bond donors (Lipinski definition) is 2. The lowest BCUT2D eigenvalue weighted by molar-refractivity contribution is 0.251. The summed E-state index contributed by atoms with van der Waals surface area (Å²) in [6.45, 7) is 5.56. The van der Waals surface area contributed by atoms with Gasteiger partial charge in [-0.1, -0.05) is 19.9 Å². The molecule has 2 heterocycles. The maximum absolute atomic E-state index is 12.2. The van der Waals surface area contributed by atoms with Gasteiger partial charge in [0.05, 0.1) is 12.2 Å². The molecule has 0 saturated heterocycles. The first kappa shape index (κ1) is 16.8. The number of carbonyl (C=O) groups excluding carboxylic acids is 1. The fraction of sp³-hybridized carbons (Fsp3) is 0.278. The third kappa shape index (κ3) is 4.47. The van der Waals surface area contributed by atoms with Crippen LogP contribution in [0, 0.1) is 5.92 Å². The summed E-state index contributed by atoms with van der Waals surface area (Å²) in [6.07, 6.45) is 7.26. The van der Waals surface area contributed by atoms with Crippen molar-refractivity contribution in [1.82, 2.24) is 24.6 Å². The number of urea groups is 1. The molecule has 0 spiro atoms. The smallest absolute Gasteiger partial charge is 0.319 e. The van der Waals surface area contributed by atoms with Crippen molar-refractivity contribution in [3.63, 3.8) is 0 Å². The maximum atomic E-state index is 12.2. The molecule has 0 saturated carbocycles. The Labute approximate surface area is 146 Å². The number of aromatic nitrogens is 4. The van der Waals surface area contributed by atoms with Crippen molar-refractivity contribution in [2.24, 2.45) is 5.92 Å². The van der Waals surface area contributed by atoms with Crippen molar-refractivity contribution in [3.8, 4) is 5.69 Å². The molecule has 0 aliphatic carbocycles. The molecule has 7 nitrogen and oxygen atoms in total. The van der Waals surface area contributed by atoms with Crippen LogP contribution in [0.3, 0.4) is 0 Å². The van der Waals surface area contributed by atoms with Crippen LogP contribution in [0.15, 0.2) is 55.1 Å². The number of carbonyl (C=O) groups is 1. The third-order valence-corrected chi connectivity index (χ3v) is 3.64. The SMILES string of the molecule is CC(C)Cn1ccnc1CNC(=O)Nc1cccc(-n2cccn2)c1. The molecule has 2 amide bonds. The molecule has 25 heavy (non-hydrogen) atoms. The van der Waals surface area contributed by atoms with Crippen LogP contribution in [-0.2, 0) is 13.1 Å². The van der Waals surface area contributed by atoms with Gasteiger partial charge in [-0.3, -0.25) is 0 Å². The predicted molar refractivity (Wildman–Crippen MR) is 96.5 cm³/mol. The molecule has 1 aromatic carbocycles. The van der Waals surface area contributed by atoms with Crippen LogP contribution in [0.1, 0.15) is 19.7 Å². The number of hydrogen-bond acceptors (Lipinski definition) is 3. The van der Waals surface area contributed by atoms with Gasteiger partial charge in [0.25, 0.3) is 0 Å². The lowest BCUT2D eigenvalue weighted by Crippen LogP contribution is -2.29. The molecule has 0 aliphatic rings. The number of imidazole rings is 1. The lowest BCUT2D eigenvalue weighted by atomic mass is 10.2. The Bertz CT molecular complexity index is 822. The molecule has 0 unspecified atom stereocenters. The number of nitrogens with zero attached hydrogens (tertiary/aromatic N) is 4. The Morgan fingerprint density at radius 1 is 1.20 bits per heavy atom. The average molecular weight is 338 g/mol. The van der Waals surface area contributed by atoms with E-state index in [-0.39, 0.29) is 6.03 Å². The van der Waals surface area contributed by atoms with E-state index in [4.69, 9.17) is 0 Å². The van der Waals surface area contributed by atoms with E-state index in [9.17, 15) is 4.79 Å².